The number of imidazole rings is 1. The van der Waals surface area contributed by atoms with E-state index >= 15 is 0 Å². The Morgan fingerprint density at radius 2 is 2.00 bits per heavy atom. The van der Waals surface area contributed by atoms with Crippen LogP contribution in [0, 0.1) is 0 Å². The highest BCUT2D eigenvalue weighted by molar-refractivity contribution is 7.75. The van der Waals surface area contributed by atoms with Gasteiger partial charge in [0.15, 0.2) is 37.6 Å². The van der Waals surface area contributed by atoms with E-state index in [1.165, 1.54) is 6.33 Å². The highest BCUT2D eigenvalue weighted by Crippen LogP contribution is 2.42. The molecule has 3 unspecified atom stereocenters. The molecule has 5 rings (SSSR count). The molecule has 7 atom stereocenters. The summed E-state index contributed by atoms with van der Waals surface area (Å²) in [6.45, 7) is 11.4. The predicted octanol–water partition coefficient (Wildman–Crippen LogP) is 3.68. The minimum absolute atomic E-state index is 0.135. The van der Waals surface area contributed by atoms with Crippen LogP contribution in [0.2, 0.25) is 18.1 Å². The summed E-state index contributed by atoms with van der Waals surface area (Å²) in [7, 11) is -1.90. The molecule has 0 radical (unpaired) electrons. The van der Waals surface area contributed by atoms with Gasteiger partial charge < -0.3 is 14.5 Å². The number of aromatic nitrogens is 4. The SMILES string of the molecule is CC(C)(C)[Si](C)(C)OC1CCCC1Nc1ncnc2c1ncn2[C@@H]1O[C@H](CCl)[C@H]2OS(=O)O[C@H]21. The summed E-state index contributed by atoms with van der Waals surface area (Å²) < 4.78 is 37.3. The maximum atomic E-state index is 11.8. The fourth-order valence-corrected chi connectivity index (χ4v) is 7.07. The van der Waals surface area contributed by atoms with Crippen molar-refractivity contribution in [2.24, 2.45) is 0 Å². The smallest absolute Gasteiger partial charge is 0.305 e. The van der Waals surface area contributed by atoms with Gasteiger partial charge in [-0.25, -0.2) is 15.0 Å². The third-order valence-corrected chi connectivity index (χ3v) is 13.0. The minimum atomic E-state index is -1.90. The molecule has 3 fully saturated rings. The van der Waals surface area contributed by atoms with Gasteiger partial charge >= 0.3 is 11.4 Å². The second kappa shape index (κ2) is 9.06. The number of alkyl halides is 1. The quantitative estimate of drug-likeness (QED) is 0.442. The Labute approximate surface area is 208 Å². The van der Waals surface area contributed by atoms with Crippen LogP contribution < -0.4 is 5.32 Å². The van der Waals surface area contributed by atoms with E-state index in [1.807, 2.05) is 0 Å². The maximum Gasteiger partial charge on any atom is 0.305 e. The lowest BCUT2D eigenvalue weighted by atomic mass is 10.1. The molecule has 2 aromatic rings. The maximum absolute atomic E-state index is 11.8. The van der Waals surface area contributed by atoms with Gasteiger partial charge in [-0.2, -0.15) is 4.21 Å². The fourth-order valence-electron chi connectivity index (χ4n) is 4.59. The zero-order valence-corrected chi connectivity index (χ0v) is 22.6. The largest absolute Gasteiger partial charge is 0.412 e. The van der Waals surface area contributed by atoms with Gasteiger partial charge in [-0.15, -0.1) is 11.6 Å². The van der Waals surface area contributed by atoms with Crippen molar-refractivity contribution in [2.75, 3.05) is 11.2 Å². The van der Waals surface area contributed by atoms with Gasteiger partial charge in [0.2, 0.25) is 0 Å². The molecule has 1 saturated carbocycles. The topological polar surface area (TPSA) is 110 Å². The molecule has 0 aromatic carbocycles. The fraction of sp³-hybridized carbons (Fsp3) is 0.762. The van der Waals surface area contributed by atoms with Gasteiger partial charge in [0.1, 0.15) is 18.5 Å². The van der Waals surface area contributed by atoms with E-state index in [9.17, 15) is 4.21 Å². The highest BCUT2D eigenvalue weighted by Gasteiger charge is 2.54. The highest BCUT2D eigenvalue weighted by atomic mass is 35.5. The Hall–Kier alpha value is -1.15. The number of ether oxygens (including phenoxy) is 1. The van der Waals surface area contributed by atoms with Gasteiger partial charge in [0.05, 0.1) is 24.4 Å². The predicted molar refractivity (Wildman–Crippen MR) is 131 cm³/mol. The first-order chi connectivity index (χ1) is 16.1. The van der Waals surface area contributed by atoms with Crippen LogP contribution >= 0.6 is 11.6 Å². The summed E-state index contributed by atoms with van der Waals surface area (Å²) in [4.78, 5) is 13.5. The summed E-state index contributed by atoms with van der Waals surface area (Å²) in [5.74, 6) is 0.860. The molecule has 3 aliphatic rings. The Balaban J connectivity index is 1.39. The van der Waals surface area contributed by atoms with Crippen LogP contribution in [0.25, 0.3) is 11.2 Å². The molecule has 10 nitrogen and oxygen atoms in total. The summed E-state index contributed by atoms with van der Waals surface area (Å²) in [5, 5.41) is 3.74. The first-order valence-electron chi connectivity index (χ1n) is 11.7. The van der Waals surface area contributed by atoms with Crippen molar-refractivity contribution in [3.63, 3.8) is 0 Å². The lowest BCUT2D eigenvalue weighted by molar-refractivity contribution is -0.0246. The molecule has 188 valence electrons. The van der Waals surface area contributed by atoms with Crippen molar-refractivity contribution in [3.05, 3.63) is 12.7 Å². The number of nitrogens with one attached hydrogen (secondary N) is 1. The summed E-state index contributed by atoms with van der Waals surface area (Å²) in [5.41, 5.74) is 1.23. The number of fused-ring (bicyclic) bond motifs is 2. The van der Waals surface area contributed by atoms with Crippen molar-refractivity contribution in [1.82, 2.24) is 19.5 Å². The van der Waals surface area contributed by atoms with Crippen LogP contribution in [-0.2, 0) is 28.9 Å². The van der Waals surface area contributed by atoms with Crippen molar-refractivity contribution >= 4 is 48.3 Å². The number of anilines is 1. The number of hydrogen-bond acceptors (Lipinski definition) is 9. The lowest BCUT2D eigenvalue weighted by Gasteiger charge is -2.40. The molecular formula is C21H32ClN5O5SSi. The molecular weight excluding hydrogens is 498 g/mol. The van der Waals surface area contributed by atoms with E-state index in [4.69, 9.17) is 29.1 Å². The second-order valence-corrected chi connectivity index (χ2v) is 16.5. The number of rotatable bonds is 6. The van der Waals surface area contributed by atoms with E-state index in [0.29, 0.717) is 17.0 Å². The van der Waals surface area contributed by atoms with Crippen molar-refractivity contribution < 1.29 is 21.7 Å². The Kier molecular flexibility index (Phi) is 6.54. The first-order valence-corrected chi connectivity index (χ1v) is 16.1. The monoisotopic (exact) mass is 529 g/mol. The van der Waals surface area contributed by atoms with E-state index in [-0.39, 0.29) is 23.1 Å². The van der Waals surface area contributed by atoms with Crippen molar-refractivity contribution in [2.45, 2.75) is 94.9 Å². The summed E-state index contributed by atoms with van der Waals surface area (Å²) in [6.07, 6.45) is 4.32. The molecule has 2 aromatic heterocycles. The van der Waals surface area contributed by atoms with Crippen molar-refractivity contribution in [3.8, 4) is 0 Å². The minimum Gasteiger partial charge on any atom is -0.412 e. The van der Waals surface area contributed by atoms with Crippen LogP contribution in [0.4, 0.5) is 5.82 Å². The van der Waals surface area contributed by atoms with Gasteiger partial charge in [0.25, 0.3) is 0 Å². The number of hydrogen-bond donors (Lipinski definition) is 1. The molecule has 2 saturated heterocycles. The molecule has 2 aliphatic heterocycles. The summed E-state index contributed by atoms with van der Waals surface area (Å²) >= 11 is 4.22. The normalized spacial score (nSPS) is 34.1. The van der Waals surface area contributed by atoms with Crippen LogP contribution in [-0.4, -0.2) is 68.4 Å². The van der Waals surface area contributed by atoms with Gasteiger partial charge in [-0.05, 0) is 37.4 Å². The second-order valence-electron chi connectivity index (χ2n) is 10.7. The van der Waals surface area contributed by atoms with Crippen LogP contribution in [0.15, 0.2) is 12.7 Å². The molecule has 4 heterocycles. The number of nitrogens with zero attached hydrogens (tertiary/aromatic N) is 4. The molecule has 34 heavy (non-hydrogen) atoms. The van der Waals surface area contributed by atoms with E-state index in [0.717, 1.165) is 19.3 Å². The van der Waals surface area contributed by atoms with E-state index in [2.05, 4.69) is 54.1 Å². The van der Waals surface area contributed by atoms with Gasteiger partial charge in [-0.1, -0.05) is 20.8 Å². The summed E-state index contributed by atoms with van der Waals surface area (Å²) in [6, 6.07) is 0.152. The third kappa shape index (κ3) is 4.31. The van der Waals surface area contributed by atoms with E-state index in [1.54, 1.807) is 10.9 Å². The Bertz CT molecular complexity index is 1080. The molecule has 1 N–H and O–H groups in total. The number of halogens is 1. The Morgan fingerprint density at radius 3 is 2.74 bits per heavy atom. The average Bonchev–Trinajstić information content (AvgIpc) is 3.52. The van der Waals surface area contributed by atoms with E-state index < -0.39 is 44.2 Å². The first kappa shape index (κ1) is 24.5. The van der Waals surface area contributed by atoms with Crippen molar-refractivity contribution in [1.29, 1.82) is 0 Å². The molecule has 0 bridgehead atoms. The van der Waals surface area contributed by atoms with Crippen LogP contribution in [0.1, 0.15) is 46.3 Å². The van der Waals surface area contributed by atoms with Crippen LogP contribution in [0.5, 0.6) is 0 Å². The zero-order valence-electron chi connectivity index (χ0n) is 20.1. The zero-order chi connectivity index (χ0) is 24.3. The standard InChI is InChI=1S/C21H32ClN5O5SSi/c1-21(2,3)34(4,5)32-13-8-6-7-12(13)26-18-15-19(24-10-23-18)27(11-25-15)20-17-16(14(9-22)29-20)30-33(28)31-17/h10-14,16-17,20H,6-9H2,1-5H3,(H,23,24,26)/t12?,13?,14-,16-,17-,20-,33?/m1/s1. The Morgan fingerprint density at radius 1 is 1.24 bits per heavy atom. The van der Waals surface area contributed by atoms with Gasteiger partial charge in [0, 0.05) is 0 Å². The molecule has 13 heteroatoms. The van der Waals surface area contributed by atoms with Crippen LogP contribution in [0.3, 0.4) is 0 Å². The molecule has 0 amide bonds. The average molecular weight is 530 g/mol. The van der Waals surface area contributed by atoms with Gasteiger partial charge in [-0.3, -0.25) is 12.9 Å². The molecule has 1 aliphatic carbocycles. The lowest BCUT2D eigenvalue weighted by Crippen LogP contribution is -2.47. The third-order valence-electron chi connectivity index (χ3n) is 7.48. The molecule has 0 spiro atoms.